The molecule has 12 nitrogen and oxygen atoms in total. The summed E-state index contributed by atoms with van der Waals surface area (Å²) < 4.78 is 5.02. The lowest BCUT2D eigenvalue weighted by molar-refractivity contribution is 0.465. The number of hydrogen-bond donors (Lipinski definition) is 1. The molecule has 0 radical (unpaired) electrons. The van der Waals surface area contributed by atoms with Crippen LogP contribution in [0.2, 0.25) is 0 Å². The molecule has 0 atom stereocenters. The van der Waals surface area contributed by atoms with Gasteiger partial charge in [0.05, 0.1) is 12.2 Å². The number of tetrazole rings is 2. The van der Waals surface area contributed by atoms with Crippen LogP contribution in [0.15, 0.2) is 53.6 Å². The van der Waals surface area contributed by atoms with Crippen molar-refractivity contribution in [1.29, 1.82) is 0 Å². The van der Waals surface area contributed by atoms with Crippen LogP contribution in [0.5, 0.6) is 0 Å². The highest BCUT2D eigenvalue weighted by atomic mass is 16.2. The van der Waals surface area contributed by atoms with Crippen molar-refractivity contribution >= 4 is 0 Å². The molecule has 4 heterocycles. The average molecular weight is 500 g/mol. The Morgan fingerprint density at radius 1 is 1.03 bits per heavy atom. The highest BCUT2D eigenvalue weighted by molar-refractivity contribution is 5.78. The lowest BCUT2D eigenvalue weighted by atomic mass is 10.0. The van der Waals surface area contributed by atoms with Crippen molar-refractivity contribution in [1.82, 2.24) is 54.9 Å². The van der Waals surface area contributed by atoms with Crippen LogP contribution < -0.4 is 5.69 Å². The minimum atomic E-state index is -0.168. The van der Waals surface area contributed by atoms with Crippen molar-refractivity contribution in [3.63, 3.8) is 0 Å². The summed E-state index contributed by atoms with van der Waals surface area (Å²) in [6.45, 7) is 7.34. The van der Waals surface area contributed by atoms with Crippen LogP contribution in [0, 0.1) is 5.92 Å². The number of pyridine rings is 1. The predicted octanol–water partition coefficient (Wildman–Crippen LogP) is 2.91. The van der Waals surface area contributed by atoms with E-state index in [-0.39, 0.29) is 5.69 Å². The Morgan fingerprint density at radius 2 is 1.86 bits per heavy atom. The topological polar surface area (TPSA) is 138 Å². The number of rotatable bonds is 10. The second-order valence-corrected chi connectivity index (χ2v) is 9.36. The second-order valence-electron chi connectivity index (χ2n) is 9.36. The molecule has 0 aliphatic heterocycles. The van der Waals surface area contributed by atoms with Gasteiger partial charge in [0, 0.05) is 35.8 Å². The van der Waals surface area contributed by atoms with E-state index >= 15 is 0 Å². The number of H-pyrrole nitrogens is 1. The maximum atomic E-state index is 13.5. The summed E-state index contributed by atoms with van der Waals surface area (Å²) in [6.07, 6.45) is 6.46. The minimum absolute atomic E-state index is 0.168. The van der Waals surface area contributed by atoms with Gasteiger partial charge in [-0.05, 0) is 51.2 Å². The molecule has 0 aliphatic rings. The number of aromatic amines is 1. The number of imidazole rings is 1. The van der Waals surface area contributed by atoms with Gasteiger partial charge in [-0.2, -0.15) is 0 Å². The quantitative estimate of drug-likeness (QED) is 0.310. The lowest BCUT2D eigenvalue weighted by Crippen LogP contribution is -2.27. The Bertz CT molecular complexity index is 1510. The van der Waals surface area contributed by atoms with E-state index in [4.69, 9.17) is 4.98 Å². The van der Waals surface area contributed by atoms with Crippen molar-refractivity contribution in [2.45, 2.75) is 53.1 Å². The van der Waals surface area contributed by atoms with E-state index in [0.717, 1.165) is 47.3 Å². The first-order valence-corrected chi connectivity index (χ1v) is 12.4. The number of aryl methyl sites for hydroxylation is 1. The molecule has 0 saturated carbocycles. The van der Waals surface area contributed by atoms with Crippen LogP contribution in [0.1, 0.15) is 44.9 Å². The fourth-order valence-corrected chi connectivity index (χ4v) is 4.28. The van der Waals surface area contributed by atoms with Gasteiger partial charge < -0.3 is 0 Å². The van der Waals surface area contributed by atoms with E-state index < -0.39 is 0 Å². The minimum Gasteiger partial charge on any atom is -0.291 e. The van der Waals surface area contributed by atoms with Crippen molar-refractivity contribution in [3.05, 3.63) is 70.5 Å². The number of nitrogens with one attached hydrogen (secondary N) is 1. The van der Waals surface area contributed by atoms with Crippen LogP contribution in [0.3, 0.4) is 0 Å². The maximum absolute atomic E-state index is 13.5. The van der Waals surface area contributed by atoms with E-state index in [1.54, 1.807) is 20.0 Å². The van der Waals surface area contributed by atoms with Crippen LogP contribution >= 0.6 is 0 Å². The van der Waals surface area contributed by atoms with Crippen molar-refractivity contribution in [3.8, 4) is 28.6 Å². The summed E-state index contributed by atoms with van der Waals surface area (Å²) in [6, 6.07) is 11.8. The third kappa shape index (κ3) is 5.08. The predicted molar refractivity (Wildman–Crippen MR) is 137 cm³/mol. The largest absolute Gasteiger partial charge is 0.335 e. The van der Waals surface area contributed by atoms with Gasteiger partial charge in [-0.15, -0.1) is 5.10 Å². The van der Waals surface area contributed by atoms with Gasteiger partial charge in [0.25, 0.3) is 5.95 Å². The van der Waals surface area contributed by atoms with E-state index in [1.165, 1.54) is 0 Å². The van der Waals surface area contributed by atoms with Gasteiger partial charge in [-0.3, -0.25) is 9.55 Å². The molecule has 190 valence electrons. The lowest BCUT2D eigenvalue weighted by Gasteiger charge is -2.09. The van der Waals surface area contributed by atoms with E-state index in [9.17, 15) is 4.79 Å². The molecule has 0 spiro atoms. The fourth-order valence-electron chi connectivity index (χ4n) is 4.28. The molecular weight excluding hydrogens is 470 g/mol. The van der Waals surface area contributed by atoms with Crippen LogP contribution in [-0.4, -0.2) is 54.9 Å². The molecule has 37 heavy (non-hydrogen) atoms. The van der Waals surface area contributed by atoms with Gasteiger partial charge in [0.2, 0.25) is 0 Å². The molecular formula is C25H29N11O. The third-order valence-electron chi connectivity index (χ3n) is 6.08. The molecule has 0 aliphatic carbocycles. The monoisotopic (exact) mass is 499 g/mol. The van der Waals surface area contributed by atoms with Gasteiger partial charge in [-0.25, -0.2) is 19.1 Å². The number of hydrogen-bond acceptors (Lipinski definition) is 8. The van der Waals surface area contributed by atoms with Gasteiger partial charge in [0.1, 0.15) is 0 Å². The maximum Gasteiger partial charge on any atom is 0.335 e. The Morgan fingerprint density at radius 3 is 2.57 bits per heavy atom. The summed E-state index contributed by atoms with van der Waals surface area (Å²) in [4.78, 5) is 18.2. The molecule has 1 aromatic carbocycles. The molecule has 4 aromatic heterocycles. The van der Waals surface area contributed by atoms with E-state index in [2.05, 4.69) is 56.9 Å². The molecule has 0 amide bonds. The first kappa shape index (κ1) is 24.2. The van der Waals surface area contributed by atoms with Crippen LogP contribution in [-0.2, 0) is 19.5 Å². The summed E-state index contributed by atoms with van der Waals surface area (Å²) in [7, 11) is 0. The van der Waals surface area contributed by atoms with E-state index in [0.29, 0.717) is 30.8 Å². The molecule has 0 unspecified atom stereocenters. The zero-order chi connectivity index (χ0) is 25.8. The fraction of sp³-hybridized carbons (Fsp3) is 0.360. The molecule has 1 N–H and O–H groups in total. The van der Waals surface area contributed by atoms with Crippen molar-refractivity contribution in [2.75, 3.05) is 0 Å². The number of nitrogens with zero attached hydrogens (tertiary/aromatic N) is 10. The van der Waals surface area contributed by atoms with Crippen LogP contribution in [0.4, 0.5) is 0 Å². The standard InChI is InChI=1S/C25H29N11O/c1-4-5-8-19-16-35(24-29-32-33-36(24)14-17(2)3)25(37)34(19)15-18-11-12-22(26-13-18)20-9-6-7-10-21(20)23-27-30-31-28-23/h6-7,9-13,16-17H,4-5,8,14-15H2,1-3H3,(H,27,28,30,31). The molecule has 5 rings (SSSR count). The molecule has 5 aromatic rings. The summed E-state index contributed by atoms with van der Waals surface area (Å²) in [5.41, 5.74) is 4.26. The SMILES string of the molecule is CCCCc1cn(-c2nnnn2CC(C)C)c(=O)n1Cc1ccc(-c2ccccc2-c2nnn[nH]2)nc1. The number of unbranched alkanes of at least 4 members (excludes halogenated alkanes) is 1. The smallest absolute Gasteiger partial charge is 0.291 e. The normalized spacial score (nSPS) is 11.5. The molecule has 0 bridgehead atoms. The molecule has 0 fully saturated rings. The second kappa shape index (κ2) is 10.6. The highest BCUT2D eigenvalue weighted by Crippen LogP contribution is 2.28. The Kier molecular flexibility index (Phi) is 6.97. The van der Waals surface area contributed by atoms with Crippen molar-refractivity contribution in [2.24, 2.45) is 5.92 Å². The van der Waals surface area contributed by atoms with Crippen molar-refractivity contribution < 1.29 is 0 Å². The Hall–Kier alpha value is -4.48. The first-order chi connectivity index (χ1) is 18.0. The number of aromatic nitrogens is 11. The summed E-state index contributed by atoms with van der Waals surface area (Å²) >= 11 is 0. The Labute approximate surface area is 213 Å². The summed E-state index contributed by atoms with van der Waals surface area (Å²) in [5.74, 6) is 1.35. The zero-order valence-corrected chi connectivity index (χ0v) is 21.1. The Balaban J connectivity index is 1.46. The molecule has 0 saturated heterocycles. The van der Waals surface area contributed by atoms with E-state index in [1.807, 2.05) is 42.6 Å². The highest BCUT2D eigenvalue weighted by Gasteiger charge is 2.18. The zero-order valence-electron chi connectivity index (χ0n) is 21.1. The average Bonchev–Trinajstić information content (AvgIpc) is 3.65. The first-order valence-electron chi connectivity index (χ1n) is 12.4. The molecule has 12 heteroatoms. The van der Waals surface area contributed by atoms with Crippen LogP contribution in [0.25, 0.3) is 28.6 Å². The van der Waals surface area contributed by atoms with Gasteiger partial charge in [0.15, 0.2) is 5.82 Å². The summed E-state index contributed by atoms with van der Waals surface area (Å²) in [5, 5.41) is 26.2. The number of benzene rings is 1. The van der Waals surface area contributed by atoms with Gasteiger partial charge in [-0.1, -0.05) is 62.6 Å². The third-order valence-corrected chi connectivity index (χ3v) is 6.08. The van der Waals surface area contributed by atoms with Gasteiger partial charge >= 0.3 is 5.69 Å².